The van der Waals surface area contributed by atoms with Crippen LogP contribution in [0, 0.1) is 0 Å². The van der Waals surface area contributed by atoms with Gasteiger partial charge in [0, 0.05) is 71.9 Å². The largest absolute Gasteiger partial charge is 0.492 e. The van der Waals surface area contributed by atoms with Crippen molar-refractivity contribution >= 4 is 53.0 Å². The topological polar surface area (TPSA) is 292 Å². The van der Waals surface area contributed by atoms with Gasteiger partial charge < -0.3 is 80.3 Å². The minimum Gasteiger partial charge on any atom is -0.492 e. The van der Waals surface area contributed by atoms with Crippen LogP contribution in [0.4, 0.5) is 0 Å². The van der Waals surface area contributed by atoms with E-state index in [0.29, 0.717) is 137 Å². The SMILES string of the molecule is CC(=O)NCCOCCOCCOCCOCCOCCOCCC(=O)NCCCC[C@@H](C=O)NC(=O)C1(NC(=O)C(Cc2ccc3ccccc3c2)NC(=O)[C@H](Cc2ccc(OCCN)cc2)NC=O)CCOCC1. The zero-order valence-electron chi connectivity index (χ0n) is 43.8. The first kappa shape index (κ1) is 62.4. The number of ether oxygens (including phenoxy) is 8. The zero-order valence-corrected chi connectivity index (χ0v) is 43.8. The number of hydrogen-bond acceptors (Lipinski definition) is 16. The third kappa shape index (κ3) is 25.2. The summed E-state index contributed by atoms with van der Waals surface area (Å²) in [7, 11) is 0. The lowest BCUT2D eigenvalue weighted by Gasteiger charge is -2.38. The Labute approximate surface area is 445 Å². The van der Waals surface area contributed by atoms with E-state index in [0.717, 1.165) is 21.9 Å². The van der Waals surface area contributed by atoms with E-state index in [1.54, 1.807) is 24.3 Å². The maximum absolute atomic E-state index is 14.5. The molecule has 1 aliphatic heterocycles. The first-order valence-electron chi connectivity index (χ1n) is 26.1. The molecule has 0 saturated carbocycles. The summed E-state index contributed by atoms with van der Waals surface area (Å²) in [6.07, 6.45) is 2.99. The number of fused-ring (bicyclic) bond motifs is 1. The molecule has 3 aromatic rings. The molecule has 0 aromatic heterocycles. The van der Waals surface area contributed by atoms with Crippen LogP contribution in [0.5, 0.6) is 5.75 Å². The number of amides is 6. The van der Waals surface area contributed by atoms with Crippen molar-refractivity contribution in [2.24, 2.45) is 5.73 Å². The van der Waals surface area contributed by atoms with Crippen molar-refractivity contribution in [3.8, 4) is 5.75 Å². The van der Waals surface area contributed by atoms with Gasteiger partial charge in [0.1, 0.15) is 36.3 Å². The van der Waals surface area contributed by atoms with Crippen LogP contribution >= 0.6 is 0 Å². The molecule has 1 saturated heterocycles. The van der Waals surface area contributed by atoms with E-state index >= 15 is 0 Å². The molecule has 8 N–H and O–H groups in total. The highest BCUT2D eigenvalue weighted by Crippen LogP contribution is 2.23. The fourth-order valence-corrected chi connectivity index (χ4v) is 7.93. The summed E-state index contributed by atoms with van der Waals surface area (Å²) in [6, 6.07) is 17.4. The van der Waals surface area contributed by atoms with Crippen LogP contribution in [0.25, 0.3) is 10.8 Å². The Bertz CT molecular complexity index is 2180. The molecule has 0 radical (unpaired) electrons. The van der Waals surface area contributed by atoms with Gasteiger partial charge in [-0.25, -0.2) is 0 Å². The second kappa shape index (κ2) is 37.6. The smallest absolute Gasteiger partial charge is 0.246 e. The van der Waals surface area contributed by atoms with Gasteiger partial charge in [0.2, 0.25) is 35.9 Å². The number of benzene rings is 3. The molecule has 22 nitrogen and oxygen atoms in total. The summed E-state index contributed by atoms with van der Waals surface area (Å²) in [4.78, 5) is 89.9. The zero-order chi connectivity index (χ0) is 54.5. The van der Waals surface area contributed by atoms with Crippen molar-refractivity contribution in [2.45, 2.75) is 82.0 Å². The quantitative estimate of drug-likeness (QED) is 0.0305. The molecule has 4 rings (SSSR count). The fourth-order valence-electron chi connectivity index (χ4n) is 7.93. The van der Waals surface area contributed by atoms with Crippen molar-refractivity contribution in [1.29, 1.82) is 0 Å². The van der Waals surface area contributed by atoms with Gasteiger partial charge in [-0.15, -0.1) is 0 Å². The maximum Gasteiger partial charge on any atom is 0.246 e. The summed E-state index contributed by atoms with van der Waals surface area (Å²) in [5, 5.41) is 18.6. The number of rotatable bonds is 42. The molecule has 3 aromatic carbocycles. The number of unbranched alkanes of at least 4 members (excludes halogenated alkanes) is 1. The summed E-state index contributed by atoms with van der Waals surface area (Å²) < 4.78 is 43.9. The number of carbonyl (C=O) groups excluding carboxylic acids is 7. The normalized spacial score (nSPS) is 14.1. The molecule has 1 heterocycles. The highest BCUT2D eigenvalue weighted by atomic mass is 16.6. The molecule has 22 heteroatoms. The van der Waals surface area contributed by atoms with E-state index in [2.05, 4.69) is 31.9 Å². The number of nitrogens with two attached hydrogens (primary N) is 1. The number of aldehydes is 1. The molecule has 1 unspecified atom stereocenters. The van der Waals surface area contributed by atoms with Crippen molar-refractivity contribution < 1.29 is 71.5 Å². The number of hydrogen-bond donors (Lipinski definition) is 7. The molecule has 420 valence electrons. The Morgan fingerprint density at radius 1 is 0.645 bits per heavy atom. The lowest BCUT2D eigenvalue weighted by atomic mass is 9.87. The van der Waals surface area contributed by atoms with E-state index in [-0.39, 0.29) is 63.7 Å². The monoisotopic (exact) mass is 1070 g/mol. The van der Waals surface area contributed by atoms with E-state index in [1.807, 2.05) is 42.5 Å². The Morgan fingerprint density at radius 3 is 1.84 bits per heavy atom. The first-order valence-corrected chi connectivity index (χ1v) is 26.1. The molecule has 1 aliphatic rings. The van der Waals surface area contributed by atoms with Crippen LogP contribution in [0.3, 0.4) is 0 Å². The second-order valence-electron chi connectivity index (χ2n) is 17.9. The van der Waals surface area contributed by atoms with Crippen LogP contribution in [-0.2, 0) is 79.6 Å². The minimum absolute atomic E-state index is 0.0601. The Kier molecular flexibility index (Phi) is 30.9. The van der Waals surface area contributed by atoms with Gasteiger partial charge in [0.25, 0.3) is 0 Å². The Hall–Kier alpha value is -6.11. The molecule has 76 heavy (non-hydrogen) atoms. The summed E-state index contributed by atoms with van der Waals surface area (Å²) in [5.41, 5.74) is 5.56. The van der Waals surface area contributed by atoms with Crippen molar-refractivity contribution in [3.63, 3.8) is 0 Å². The summed E-state index contributed by atoms with van der Waals surface area (Å²) >= 11 is 0. The predicted molar refractivity (Wildman–Crippen MR) is 281 cm³/mol. The highest BCUT2D eigenvalue weighted by Gasteiger charge is 2.43. The first-order chi connectivity index (χ1) is 37.0. The highest BCUT2D eigenvalue weighted by molar-refractivity contribution is 5.96. The third-order valence-electron chi connectivity index (χ3n) is 12.1. The average Bonchev–Trinajstić information content (AvgIpc) is 3.42. The lowest BCUT2D eigenvalue weighted by molar-refractivity contribution is -0.140. The predicted octanol–water partition coefficient (Wildman–Crippen LogP) is 0.823. The number of carbonyl (C=O) groups is 7. The lowest BCUT2D eigenvalue weighted by Crippen LogP contribution is -2.65. The van der Waals surface area contributed by atoms with Gasteiger partial charge in [-0.1, -0.05) is 54.6 Å². The van der Waals surface area contributed by atoms with Crippen molar-refractivity contribution in [1.82, 2.24) is 31.9 Å². The van der Waals surface area contributed by atoms with E-state index in [9.17, 15) is 33.6 Å². The summed E-state index contributed by atoms with van der Waals surface area (Å²) in [6.45, 7) is 8.04. The molecular formula is C54H79N7O15. The van der Waals surface area contributed by atoms with Crippen LogP contribution < -0.4 is 42.4 Å². The second-order valence-corrected chi connectivity index (χ2v) is 17.9. The molecule has 1 fully saturated rings. The molecule has 3 atom stereocenters. The van der Waals surface area contributed by atoms with Gasteiger partial charge in [-0.2, -0.15) is 0 Å². The average molecular weight is 1070 g/mol. The van der Waals surface area contributed by atoms with E-state index < -0.39 is 41.4 Å². The minimum atomic E-state index is -1.46. The van der Waals surface area contributed by atoms with Gasteiger partial charge in [-0.3, -0.25) is 28.8 Å². The van der Waals surface area contributed by atoms with Crippen LogP contribution in [0.15, 0.2) is 66.7 Å². The maximum atomic E-state index is 14.5. The van der Waals surface area contributed by atoms with Gasteiger partial charge in [0.15, 0.2) is 0 Å². The van der Waals surface area contributed by atoms with Crippen LogP contribution in [-0.4, -0.2) is 185 Å². The van der Waals surface area contributed by atoms with E-state index in [4.69, 9.17) is 43.6 Å². The number of nitrogens with one attached hydrogen (secondary N) is 6. The molecule has 6 amide bonds. The molecule has 0 spiro atoms. The third-order valence-corrected chi connectivity index (χ3v) is 12.1. The van der Waals surface area contributed by atoms with Crippen LogP contribution in [0.1, 0.15) is 56.6 Å². The van der Waals surface area contributed by atoms with Gasteiger partial charge in [0.05, 0.1) is 85.3 Å². The molecule has 0 bridgehead atoms. The fraction of sp³-hybridized carbons (Fsp3) is 0.574. The van der Waals surface area contributed by atoms with Crippen molar-refractivity contribution in [2.75, 3.05) is 119 Å². The Morgan fingerprint density at radius 2 is 1.24 bits per heavy atom. The van der Waals surface area contributed by atoms with Gasteiger partial charge >= 0.3 is 0 Å². The summed E-state index contributed by atoms with van der Waals surface area (Å²) in [5.74, 6) is -1.46. The van der Waals surface area contributed by atoms with Crippen molar-refractivity contribution in [3.05, 3.63) is 77.9 Å². The molecule has 0 aliphatic carbocycles. The Balaban J connectivity index is 1.15. The molecular weight excluding hydrogens is 987 g/mol. The van der Waals surface area contributed by atoms with E-state index in [1.165, 1.54) is 6.92 Å². The van der Waals surface area contributed by atoms with Crippen LogP contribution in [0.2, 0.25) is 0 Å². The van der Waals surface area contributed by atoms with Gasteiger partial charge in [-0.05, 0) is 53.3 Å². The standard InChI is InChI=1S/C54H79N7O15/c1-41(64)56-20-25-71-27-29-73-31-33-75-35-34-74-32-30-72-28-26-69-21-15-50(65)57-19-5-4-8-46(39-62)59-53(68)54(16-22-70-23-17-54)61-52(67)49(38-43-9-12-44-6-2-3-7-45(44)36-43)60-51(66)48(58-40-63)37-42-10-13-47(14-11-42)76-24-18-55/h2-3,6-7,9-14,36,39-40,46,48-49H,4-5,8,15-35,37-38,55H2,1H3,(H,56,64)(H,57,65)(H,58,63)(H,59,68)(H,60,66)(H,61,67)/t46-,48-,49?/m0/s1.